The molecule has 0 radical (unpaired) electrons. The Morgan fingerprint density at radius 1 is 1.30 bits per heavy atom. The van der Waals surface area contributed by atoms with Crippen LogP contribution in [-0.4, -0.2) is 17.0 Å². The first-order valence-corrected chi connectivity index (χ1v) is 5.95. The van der Waals surface area contributed by atoms with Crippen molar-refractivity contribution in [2.24, 2.45) is 5.73 Å². The molecule has 1 amide bonds. The number of rotatable bonds is 4. The van der Waals surface area contributed by atoms with Crippen LogP contribution in [0.1, 0.15) is 32.2 Å². The van der Waals surface area contributed by atoms with Crippen LogP contribution in [0.5, 0.6) is 0 Å². The second kappa shape index (κ2) is 5.58. The van der Waals surface area contributed by atoms with Crippen molar-refractivity contribution in [2.75, 3.05) is 5.32 Å². The fourth-order valence-electron chi connectivity index (χ4n) is 1.73. The van der Waals surface area contributed by atoms with Crippen LogP contribution in [-0.2, 0) is 6.54 Å². The summed E-state index contributed by atoms with van der Waals surface area (Å²) < 4.78 is 5.24. The maximum Gasteiger partial charge on any atom is 0.335 e. The molecule has 1 aromatic carbocycles. The highest BCUT2D eigenvalue weighted by Gasteiger charge is 2.13. The van der Waals surface area contributed by atoms with Gasteiger partial charge in [0.05, 0.1) is 12.1 Å². The minimum absolute atomic E-state index is 0.159. The molecule has 6 nitrogen and oxygen atoms in total. The fraction of sp³-hybridized carbons (Fsp3) is 0.143. The van der Waals surface area contributed by atoms with E-state index in [-0.39, 0.29) is 17.9 Å². The average molecular weight is 274 g/mol. The second-order valence-corrected chi connectivity index (χ2v) is 4.26. The van der Waals surface area contributed by atoms with Crippen LogP contribution in [0, 0.1) is 6.92 Å². The summed E-state index contributed by atoms with van der Waals surface area (Å²) in [4.78, 5) is 22.8. The summed E-state index contributed by atoms with van der Waals surface area (Å²) in [6.45, 7) is 1.94. The summed E-state index contributed by atoms with van der Waals surface area (Å²) in [6, 6.07) is 7.64. The molecule has 0 unspecified atom stereocenters. The molecule has 6 heteroatoms. The number of hydrogen-bond acceptors (Lipinski definition) is 4. The van der Waals surface area contributed by atoms with Gasteiger partial charge >= 0.3 is 5.97 Å². The first-order valence-electron chi connectivity index (χ1n) is 5.95. The number of carboxylic acids is 1. The van der Waals surface area contributed by atoms with Crippen molar-refractivity contribution < 1.29 is 19.1 Å². The van der Waals surface area contributed by atoms with Gasteiger partial charge in [-0.1, -0.05) is 0 Å². The van der Waals surface area contributed by atoms with Gasteiger partial charge in [0.2, 0.25) is 0 Å². The smallest absolute Gasteiger partial charge is 0.335 e. The van der Waals surface area contributed by atoms with Gasteiger partial charge in [-0.25, -0.2) is 4.79 Å². The number of benzene rings is 1. The predicted molar refractivity (Wildman–Crippen MR) is 72.7 cm³/mol. The largest absolute Gasteiger partial charge is 0.478 e. The molecule has 2 rings (SSSR count). The summed E-state index contributed by atoms with van der Waals surface area (Å²) in [5.41, 5.74) is 6.76. The maximum absolute atomic E-state index is 12.0. The number of carbonyl (C=O) groups excluding carboxylic acids is 1. The Bertz CT molecular complexity index is 661. The number of nitrogens with one attached hydrogen (secondary N) is 1. The lowest BCUT2D eigenvalue weighted by Gasteiger charge is -2.07. The third kappa shape index (κ3) is 2.86. The standard InChI is InChI=1S/C14H14N2O4/c1-8-6-9(14(18)19)2-4-11(8)16-13(17)12-5-3-10(7-15)20-12/h2-6H,7,15H2,1H3,(H,16,17)(H,18,19). The van der Waals surface area contributed by atoms with Crippen molar-refractivity contribution in [1.82, 2.24) is 0 Å². The van der Waals surface area contributed by atoms with E-state index in [1.165, 1.54) is 12.1 Å². The van der Waals surface area contributed by atoms with Crippen LogP contribution in [0.3, 0.4) is 0 Å². The summed E-state index contributed by atoms with van der Waals surface area (Å²) in [7, 11) is 0. The summed E-state index contributed by atoms with van der Waals surface area (Å²) >= 11 is 0. The van der Waals surface area contributed by atoms with Gasteiger partial charge in [0.15, 0.2) is 5.76 Å². The minimum Gasteiger partial charge on any atom is -0.478 e. The molecular weight excluding hydrogens is 260 g/mol. The Balaban J connectivity index is 2.17. The Labute approximate surface area is 115 Å². The molecule has 2 aromatic rings. The summed E-state index contributed by atoms with van der Waals surface area (Å²) in [5.74, 6) is -0.735. The van der Waals surface area contributed by atoms with Gasteiger partial charge in [-0.15, -0.1) is 0 Å². The molecule has 0 spiro atoms. The van der Waals surface area contributed by atoms with E-state index in [1.54, 1.807) is 25.1 Å². The molecular formula is C14H14N2O4. The van der Waals surface area contributed by atoms with Crippen LogP contribution in [0.2, 0.25) is 0 Å². The lowest BCUT2D eigenvalue weighted by Crippen LogP contribution is -2.12. The van der Waals surface area contributed by atoms with Crippen LogP contribution >= 0.6 is 0 Å². The first-order chi connectivity index (χ1) is 9.51. The third-order valence-corrected chi connectivity index (χ3v) is 2.81. The van der Waals surface area contributed by atoms with Gasteiger partial charge in [0.1, 0.15) is 5.76 Å². The van der Waals surface area contributed by atoms with E-state index in [0.717, 1.165) is 0 Å². The highest BCUT2D eigenvalue weighted by Crippen LogP contribution is 2.18. The normalized spacial score (nSPS) is 10.3. The van der Waals surface area contributed by atoms with Crippen molar-refractivity contribution in [3.8, 4) is 0 Å². The third-order valence-electron chi connectivity index (χ3n) is 2.81. The van der Waals surface area contributed by atoms with Crippen LogP contribution in [0.25, 0.3) is 0 Å². The van der Waals surface area contributed by atoms with Crippen molar-refractivity contribution in [2.45, 2.75) is 13.5 Å². The molecule has 0 fully saturated rings. The zero-order valence-electron chi connectivity index (χ0n) is 10.8. The molecule has 0 atom stereocenters. The molecule has 0 saturated heterocycles. The zero-order chi connectivity index (χ0) is 14.7. The quantitative estimate of drug-likeness (QED) is 0.790. The molecule has 0 aliphatic rings. The topological polar surface area (TPSA) is 106 Å². The number of hydrogen-bond donors (Lipinski definition) is 3. The van der Waals surface area contributed by atoms with E-state index in [9.17, 15) is 9.59 Å². The number of carbonyl (C=O) groups is 2. The molecule has 4 N–H and O–H groups in total. The number of carboxylic acid groups (broad SMARTS) is 1. The van der Waals surface area contributed by atoms with Gasteiger partial charge < -0.3 is 20.6 Å². The van der Waals surface area contributed by atoms with Crippen LogP contribution in [0.4, 0.5) is 5.69 Å². The van der Waals surface area contributed by atoms with Crippen molar-refractivity contribution in [3.05, 3.63) is 53.0 Å². The molecule has 20 heavy (non-hydrogen) atoms. The highest BCUT2D eigenvalue weighted by atomic mass is 16.4. The number of nitrogens with two attached hydrogens (primary N) is 1. The number of aromatic carboxylic acids is 1. The van der Waals surface area contributed by atoms with E-state index >= 15 is 0 Å². The Kier molecular flexibility index (Phi) is 3.86. The summed E-state index contributed by atoms with van der Waals surface area (Å²) in [6.07, 6.45) is 0. The first kappa shape index (κ1) is 13.8. The zero-order valence-corrected chi connectivity index (χ0v) is 10.8. The second-order valence-electron chi connectivity index (χ2n) is 4.26. The Hall–Kier alpha value is -2.60. The molecule has 0 aliphatic carbocycles. The monoisotopic (exact) mass is 274 g/mol. The predicted octanol–water partition coefficient (Wildman–Crippen LogP) is 2.00. The lowest BCUT2D eigenvalue weighted by molar-refractivity contribution is 0.0696. The Morgan fingerprint density at radius 3 is 2.60 bits per heavy atom. The number of amides is 1. The molecule has 1 aromatic heterocycles. The van der Waals surface area contributed by atoms with E-state index in [1.807, 2.05) is 0 Å². The Morgan fingerprint density at radius 2 is 2.05 bits per heavy atom. The van der Waals surface area contributed by atoms with Crippen molar-refractivity contribution >= 4 is 17.6 Å². The molecule has 104 valence electrons. The highest BCUT2D eigenvalue weighted by molar-refractivity contribution is 6.03. The van der Waals surface area contributed by atoms with E-state index < -0.39 is 11.9 Å². The van der Waals surface area contributed by atoms with Gasteiger partial charge in [-0.3, -0.25) is 4.79 Å². The van der Waals surface area contributed by atoms with Crippen LogP contribution in [0.15, 0.2) is 34.7 Å². The SMILES string of the molecule is Cc1cc(C(=O)O)ccc1NC(=O)c1ccc(CN)o1. The fourth-order valence-corrected chi connectivity index (χ4v) is 1.73. The van der Waals surface area contributed by atoms with Gasteiger partial charge in [0, 0.05) is 5.69 Å². The molecule has 0 saturated carbocycles. The van der Waals surface area contributed by atoms with E-state index in [4.69, 9.17) is 15.3 Å². The van der Waals surface area contributed by atoms with Gasteiger partial charge in [-0.05, 0) is 42.8 Å². The maximum atomic E-state index is 12.0. The minimum atomic E-state index is -1.01. The molecule has 1 heterocycles. The van der Waals surface area contributed by atoms with Gasteiger partial charge in [-0.2, -0.15) is 0 Å². The van der Waals surface area contributed by atoms with Gasteiger partial charge in [0.25, 0.3) is 5.91 Å². The molecule has 0 bridgehead atoms. The number of anilines is 1. The number of furan rings is 1. The van der Waals surface area contributed by atoms with E-state index in [2.05, 4.69) is 5.32 Å². The van der Waals surface area contributed by atoms with Crippen molar-refractivity contribution in [3.63, 3.8) is 0 Å². The number of aryl methyl sites for hydroxylation is 1. The molecule has 0 aliphatic heterocycles. The van der Waals surface area contributed by atoms with Crippen LogP contribution < -0.4 is 11.1 Å². The average Bonchev–Trinajstić information content (AvgIpc) is 2.89. The lowest BCUT2D eigenvalue weighted by atomic mass is 10.1. The van der Waals surface area contributed by atoms with Crippen molar-refractivity contribution in [1.29, 1.82) is 0 Å². The summed E-state index contributed by atoms with van der Waals surface area (Å²) in [5, 5.41) is 11.5. The van der Waals surface area contributed by atoms with E-state index in [0.29, 0.717) is 17.0 Å².